The number of hydrogen-bond acceptors (Lipinski definition) is 6. The average molecular weight is 393 g/mol. The molecular weight excluding hydrogens is 374 g/mol. The van der Waals surface area contributed by atoms with Crippen molar-refractivity contribution in [3.8, 4) is 0 Å². The minimum Gasteiger partial charge on any atom is -0.451 e. The van der Waals surface area contributed by atoms with Gasteiger partial charge in [-0.3, -0.25) is 23.7 Å². The summed E-state index contributed by atoms with van der Waals surface area (Å²) in [4.78, 5) is 52.0. The van der Waals surface area contributed by atoms with Gasteiger partial charge in [0.2, 0.25) is 0 Å². The van der Waals surface area contributed by atoms with E-state index in [1.165, 1.54) is 18.4 Å². The molecule has 2 aromatic carbocycles. The van der Waals surface area contributed by atoms with Crippen molar-refractivity contribution < 1.29 is 19.1 Å². The van der Waals surface area contributed by atoms with Gasteiger partial charge in [-0.1, -0.05) is 12.1 Å². The van der Waals surface area contributed by atoms with E-state index in [1.54, 1.807) is 48.5 Å². The van der Waals surface area contributed by atoms with Crippen LogP contribution in [0.5, 0.6) is 0 Å². The van der Waals surface area contributed by atoms with Gasteiger partial charge in [-0.25, -0.2) is 4.98 Å². The van der Waals surface area contributed by atoms with E-state index in [0.29, 0.717) is 22.3 Å². The van der Waals surface area contributed by atoms with Gasteiger partial charge >= 0.3 is 5.97 Å². The molecule has 1 amide bonds. The van der Waals surface area contributed by atoms with E-state index in [1.807, 2.05) is 0 Å². The molecule has 3 rings (SSSR count). The van der Waals surface area contributed by atoms with Gasteiger partial charge in [0.25, 0.3) is 11.5 Å². The molecule has 0 unspecified atom stereocenters. The largest absolute Gasteiger partial charge is 0.451 e. The number of fused-ring (bicyclic) bond motifs is 1. The maximum Gasteiger partial charge on any atom is 0.326 e. The molecule has 148 valence electrons. The zero-order chi connectivity index (χ0) is 21.0. The third-order valence-electron chi connectivity index (χ3n) is 4.28. The van der Waals surface area contributed by atoms with Crippen LogP contribution in [0, 0.1) is 0 Å². The van der Waals surface area contributed by atoms with Gasteiger partial charge in [0.15, 0.2) is 11.9 Å². The lowest BCUT2D eigenvalue weighted by Crippen LogP contribution is -2.33. The highest BCUT2D eigenvalue weighted by atomic mass is 16.5. The van der Waals surface area contributed by atoms with Crippen molar-refractivity contribution >= 4 is 34.4 Å². The summed E-state index contributed by atoms with van der Waals surface area (Å²) in [7, 11) is 0. The number of ketones is 1. The van der Waals surface area contributed by atoms with Crippen LogP contribution in [0.4, 0.5) is 5.69 Å². The summed E-state index contributed by atoms with van der Waals surface area (Å²) in [6.07, 6.45) is 0.0648. The van der Waals surface area contributed by atoms with E-state index in [9.17, 15) is 19.2 Å². The number of hydrogen-bond donors (Lipinski definition) is 1. The number of carbonyl (C=O) groups is 3. The molecule has 0 radical (unpaired) electrons. The van der Waals surface area contributed by atoms with Crippen molar-refractivity contribution in [2.45, 2.75) is 26.5 Å². The van der Waals surface area contributed by atoms with Gasteiger partial charge in [0, 0.05) is 11.3 Å². The van der Waals surface area contributed by atoms with Crippen LogP contribution in [-0.4, -0.2) is 33.3 Å². The standard InChI is InChI=1S/C21H19N3O5/c1-13(25)15-7-9-16(10-8-15)23-21(28)14(2)29-20(27)12-24-18-6-4-3-5-17(18)22-11-19(24)26/h3-11,14H,12H2,1-2H3,(H,23,28)/t14-/m0/s1. The fraction of sp³-hybridized carbons (Fsp3) is 0.190. The van der Waals surface area contributed by atoms with Crippen LogP contribution in [0.15, 0.2) is 59.5 Å². The summed E-state index contributed by atoms with van der Waals surface area (Å²) in [6, 6.07) is 13.3. The number of nitrogens with zero attached hydrogens (tertiary/aromatic N) is 2. The van der Waals surface area contributed by atoms with Gasteiger partial charge < -0.3 is 10.1 Å². The Morgan fingerprint density at radius 2 is 1.79 bits per heavy atom. The van der Waals surface area contributed by atoms with Gasteiger partial charge in [0.05, 0.1) is 17.2 Å². The van der Waals surface area contributed by atoms with E-state index in [4.69, 9.17) is 4.74 Å². The number of nitrogens with one attached hydrogen (secondary N) is 1. The molecule has 0 bridgehead atoms. The molecule has 0 aliphatic rings. The molecule has 0 saturated carbocycles. The Morgan fingerprint density at radius 3 is 2.48 bits per heavy atom. The predicted octanol–water partition coefficient (Wildman–Crippen LogP) is 2.17. The van der Waals surface area contributed by atoms with Crippen molar-refractivity contribution in [1.82, 2.24) is 9.55 Å². The number of rotatable bonds is 6. The summed E-state index contributed by atoms with van der Waals surface area (Å²) in [5, 5.41) is 2.61. The third kappa shape index (κ3) is 4.73. The SMILES string of the molecule is CC(=O)c1ccc(NC(=O)[C@H](C)OC(=O)Cn2c(=O)cnc3ccccc32)cc1. The number of carbonyl (C=O) groups excluding carboxylic acids is 3. The average Bonchev–Trinajstić information content (AvgIpc) is 2.70. The summed E-state index contributed by atoms with van der Waals surface area (Å²) in [6.45, 7) is 2.55. The van der Waals surface area contributed by atoms with Gasteiger partial charge in [-0.2, -0.15) is 0 Å². The van der Waals surface area contributed by atoms with E-state index in [0.717, 1.165) is 6.20 Å². The molecule has 1 atom stereocenters. The molecule has 0 fully saturated rings. The molecule has 29 heavy (non-hydrogen) atoms. The molecule has 1 aromatic heterocycles. The maximum atomic E-state index is 12.3. The molecule has 0 aliphatic carbocycles. The Labute approximate surface area is 166 Å². The van der Waals surface area contributed by atoms with Crippen LogP contribution < -0.4 is 10.9 Å². The zero-order valence-corrected chi connectivity index (χ0v) is 15.9. The molecular formula is C21H19N3O5. The van der Waals surface area contributed by atoms with Gasteiger partial charge in [-0.15, -0.1) is 0 Å². The number of para-hydroxylation sites is 2. The number of anilines is 1. The van der Waals surface area contributed by atoms with E-state index in [2.05, 4.69) is 10.3 Å². The van der Waals surface area contributed by atoms with E-state index in [-0.39, 0.29) is 12.3 Å². The fourth-order valence-electron chi connectivity index (χ4n) is 2.73. The molecule has 3 aromatic rings. The highest BCUT2D eigenvalue weighted by Gasteiger charge is 2.19. The Kier molecular flexibility index (Phi) is 5.82. The van der Waals surface area contributed by atoms with Gasteiger partial charge in [0.1, 0.15) is 6.54 Å². The van der Waals surface area contributed by atoms with Crippen molar-refractivity contribution in [3.63, 3.8) is 0 Å². The highest BCUT2D eigenvalue weighted by molar-refractivity contribution is 5.97. The second-order valence-corrected chi connectivity index (χ2v) is 6.43. The van der Waals surface area contributed by atoms with Crippen LogP contribution in [0.1, 0.15) is 24.2 Å². The Bertz CT molecular complexity index is 1140. The number of amides is 1. The van der Waals surface area contributed by atoms with Crippen LogP contribution in [0.2, 0.25) is 0 Å². The highest BCUT2D eigenvalue weighted by Crippen LogP contribution is 2.12. The normalized spacial score (nSPS) is 11.7. The number of benzene rings is 2. The monoisotopic (exact) mass is 393 g/mol. The lowest BCUT2D eigenvalue weighted by molar-refractivity contribution is -0.153. The summed E-state index contributed by atoms with van der Waals surface area (Å²) >= 11 is 0. The first-order chi connectivity index (χ1) is 13.8. The second kappa shape index (κ2) is 8.47. The molecule has 1 heterocycles. The van der Waals surface area contributed by atoms with Crippen LogP contribution >= 0.6 is 0 Å². The van der Waals surface area contributed by atoms with Crippen molar-refractivity contribution in [2.75, 3.05) is 5.32 Å². The lowest BCUT2D eigenvalue weighted by atomic mass is 10.1. The number of aromatic nitrogens is 2. The van der Waals surface area contributed by atoms with Crippen LogP contribution in [0.25, 0.3) is 11.0 Å². The number of ether oxygens (including phenoxy) is 1. The molecule has 1 N–H and O–H groups in total. The molecule has 8 nitrogen and oxygen atoms in total. The summed E-state index contributed by atoms with van der Waals surface area (Å²) < 4.78 is 6.41. The van der Waals surface area contributed by atoms with E-state index >= 15 is 0 Å². The number of Topliss-reactive ketones (excluding diaryl/α,β-unsaturated/α-hetero) is 1. The second-order valence-electron chi connectivity index (χ2n) is 6.43. The van der Waals surface area contributed by atoms with E-state index < -0.39 is 23.5 Å². The summed E-state index contributed by atoms with van der Waals surface area (Å²) in [5.74, 6) is -1.33. The minimum absolute atomic E-state index is 0.0796. The Balaban J connectivity index is 1.65. The predicted molar refractivity (Wildman–Crippen MR) is 107 cm³/mol. The zero-order valence-electron chi connectivity index (χ0n) is 15.9. The quantitative estimate of drug-likeness (QED) is 0.508. The Hall–Kier alpha value is -3.81. The van der Waals surface area contributed by atoms with Crippen molar-refractivity contribution in [1.29, 1.82) is 0 Å². The molecule has 0 aliphatic heterocycles. The first-order valence-corrected chi connectivity index (χ1v) is 8.91. The fourth-order valence-corrected chi connectivity index (χ4v) is 2.73. The maximum absolute atomic E-state index is 12.3. The molecule has 0 spiro atoms. The lowest BCUT2D eigenvalue weighted by Gasteiger charge is -2.15. The minimum atomic E-state index is -1.07. The Morgan fingerprint density at radius 1 is 1.10 bits per heavy atom. The first kappa shape index (κ1) is 19.9. The van der Waals surface area contributed by atoms with Crippen molar-refractivity contribution in [2.24, 2.45) is 0 Å². The smallest absolute Gasteiger partial charge is 0.326 e. The summed E-state index contributed by atoms with van der Waals surface area (Å²) in [5.41, 5.74) is 1.62. The van der Waals surface area contributed by atoms with Gasteiger partial charge in [-0.05, 0) is 50.2 Å². The number of esters is 1. The first-order valence-electron chi connectivity index (χ1n) is 8.91. The molecule has 0 saturated heterocycles. The van der Waals surface area contributed by atoms with Crippen LogP contribution in [-0.2, 0) is 20.9 Å². The third-order valence-corrected chi connectivity index (χ3v) is 4.28. The topological polar surface area (TPSA) is 107 Å². The van der Waals surface area contributed by atoms with Crippen molar-refractivity contribution in [3.05, 3.63) is 70.6 Å². The van der Waals surface area contributed by atoms with Crippen LogP contribution in [0.3, 0.4) is 0 Å². The molecule has 8 heteroatoms.